The van der Waals surface area contributed by atoms with E-state index in [0.29, 0.717) is 25.0 Å². The predicted molar refractivity (Wildman–Crippen MR) is 87.7 cm³/mol. The number of carbonyl (C=O) groups excluding carboxylic acids is 1. The van der Waals surface area contributed by atoms with Crippen LogP contribution in [0.15, 0.2) is 12.3 Å². The zero-order valence-electron chi connectivity index (χ0n) is 14.3. The smallest absolute Gasteiger partial charge is 0.407 e. The molecule has 1 aromatic rings. The van der Waals surface area contributed by atoms with Gasteiger partial charge in [-0.2, -0.15) is 0 Å². The minimum Gasteiger partial charge on any atom is -0.444 e. The summed E-state index contributed by atoms with van der Waals surface area (Å²) in [5, 5.41) is 2.73. The van der Waals surface area contributed by atoms with Crippen LogP contribution in [-0.4, -0.2) is 55.0 Å². The Morgan fingerprint density at radius 1 is 1.52 bits per heavy atom. The Morgan fingerprint density at radius 2 is 2.30 bits per heavy atom. The molecule has 1 N–H and O–H groups in total. The van der Waals surface area contributed by atoms with Gasteiger partial charge in [-0.05, 0) is 33.3 Å². The number of nitrogens with zero attached hydrogens (tertiary/aromatic N) is 3. The van der Waals surface area contributed by atoms with Crippen molar-refractivity contribution in [1.29, 1.82) is 0 Å². The van der Waals surface area contributed by atoms with Crippen LogP contribution in [0.1, 0.15) is 38.8 Å². The van der Waals surface area contributed by atoms with E-state index in [1.165, 1.54) is 0 Å². The molecule has 7 heteroatoms. The first-order valence-electron chi connectivity index (χ1n) is 7.94. The van der Waals surface area contributed by atoms with Crippen LogP contribution in [-0.2, 0) is 9.47 Å². The van der Waals surface area contributed by atoms with E-state index in [4.69, 9.17) is 9.47 Å². The lowest BCUT2D eigenvalue weighted by Crippen LogP contribution is -2.37. The van der Waals surface area contributed by atoms with Crippen LogP contribution in [0.2, 0.25) is 0 Å². The molecule has 1 unspecified atom stereocenters. The number of amides is 1. The topological polar surface area (TPSA) is 76.6 Å². The Kier molecular flexibility index (Phi) is 5.76. The summed E-state index contributed by atoms with van der Waals surface area (Å²) < 4.78 is 10.6. The molecule has 1 aliphatic rings. The van der Waals surface area contributed by atoms with Gasteiger partial charge < -0.3 is 19.7 Å². The monoisotopic (exact) mass is 322 g/mol. The van der Waals surface area contributed by atoms with Gasteiger partial charge in [0.1, 0.15) is 5.60 Å². The second kappa shape index (κ2) is 7.59. The number of carbonyl (C=O) groups is 1. The van der Waals surface area contributed by atoms with Gasteiger partial charge in [0.05, 0.1) is 12.3 Å². The highest BCUT2D eigenvalue weighted by atomic mass is 16.6. The largest absolute Gasteiger partial charge is 0.444 e. The Hall–Kier alpha value is -1.89. The summed E-state index contributed by atoms with van der Waals surface area (Å²) in [6.45, 7) is 8.09. The average Bonchev–Trinajstić information content (AvgIpc) is 2.99. The van der Waals surface area contributed by atoms with Crippen LogP contribution in [0.25, 0.3) is 0 Å². The lowest BCUT2D eigenvalue weighted by molar-refractivity contribution is 0.0529. The van der Waals surface area contributed by atoms with E-state index in [0.717, 1.165) is 25.3 Å². The summed E-state index contributed by atoms with van der Waals surface area (Å²) >= 11 is 0. The van der Waals surface area contributed by atoms with Crippen LogP contribution in [0.3, 0.4) is 0 Å². The van der Waals surface area contributed by atoms with Crippen molar-refractivity contribution in [3.8, 4) is 0 Å². The average molecular weight is 322 g/mol. The van der Waals surface area contributed by atoms with E-state index >= 15 is 0 Å². The van der Waals surface area contributed by atoms with Gasteiger partial charge in [0.15, 0.2) is 0 Å². The Morgan fingerprint density at radius 3 is 2.96 bits per heavy atom. The number of anilines is 1. The molecular weight excluding hydrogens is 296 g/mol. The molecule has 7 nitrogen and oxygen atoms in total. The van der Waals surface area contributed by atoms with E-state index in [-0.39, 0.29) is 0 Å². The molecule has 0 bridgehead atoms. The number of aromatic nitrogens is 2. The first-order valence-corrected chi connectivity index (χ1v) is 7.94. The van der Waals surface area contributed by atoms with Crippen molar-refractivity contribution >= 4 is 12.0 Å². The number of hydrogen-bond acceptors (Lipinski definition) is 6. The maximum Gasteiger partial charge on any atom is 0.407 e. The molecule has 0 spiro atoms. The van der Waals surface area contributed by atoms with E-state index < -0.39 is 11.7 Å². The highest BCUT2D eigenvalue weighted by Crippen LogP contribution is 2.24. The lowest BCUT2D eigenvalue weighted by Gasteiger charge is -2.21. The molecule has 1 atom stereocenters. The van der Waals surface area contributed by atoms with E-state index in [9.17, 15) is 4.79 Å². The first-order chi connectivity index (χ1) is 10.8. The fourth-order valence-electron chi connectivity index (χ4n) is 2.28. The summed E-state index contributed by atoms with van der Waals surface area (Å²) in [7, 11) is 1.90. The zero-order chi connectivity index (χ0) is 16.9. The van der Waals surface area contributed by atoms with Crippen molar-refractivity contribution in [2.75, 3.05) is 38.3 Å². The molecular formula is C16H26N4O3. The van der Waals surface area contributed by atoms with Crippen LogP contribution < -0.4 is 10.2 Å². The van der Waals surface area contributed by atoms with Gasteiger partial charge in [-0.25, -0.2) is 14.8 Å². The molecule has 1 aliphatic heterocycles. The SMILES string of the molecule is CN(CCNC(=O)OC(C)(C)C)c1nccc(C2CCOC2)n1. The number of alkyl carbamates (subject to hydrolysis) is 1. The number of hydrogen-bond donors (Lipinski definition) is 1. The number of ether oxygens (including phenoxy) is 2. The lowest BCUT2D eigenvalue weighted by atomic mass is 10.1. The number of nitrogens with one attached hydrogen (secondary N) is 1. The normalized spacial score (nSPS) is 17.8. The van der Waals surface area contributed by atoms with E-state index in [1.807, 2.05) is 38.8 Å². The zero-order valence-corrected chi connectivity index (χ0v) is 14.3. The van der Waals surface area contributed by atoms with Gasteiger partial charge >= 0.3 is 6.09 Å². The molecule has 0 radical (unpaired) electrons. The summed E-state index contributed by atoms with van der Waals surface area (Å²) in [4.78, 5) is 22.4. The van der Waals surface area contributed by atoms with Gasteiger partial charge in [0.25, 0.3) is 0 Å². The molecule has 2 heterocycles. The molecule has 1 amide bonds. The predicted octanol–water partition coefficient (Wildman–Crippen LogP) is 1.94. The summed E-state index contributed by atoms with van der Waals surface area (Å²) in [5.41, 5.74) is 0.524. The van der Waals surface area contributed by atoms with Crippen molar-refractivity contribution in [2.45, 2.75) is 38.7 Å². The Labute approximate surface area is 137 Å². The Balaban J connectivity index is 1.82. The quantitative estimate of drug-likeness (QED) is 0.893. The summed E-state index contributed by atoms with van der Waals surface area (Å²) in [6.07, 6.45) is 2.36. The minimum atomic E-state index is -0.489. The third-order valence-corrected chi connectivity index (χ3v) is 3.47. The fourth-order valence-corrected chi connectivity index (χ4v) is 2.28. The van der Waals surface area contributed by atoms with Gasteiger partial charge in [-0.1, -0.05) is 0 Å². The van der Waals surface area contributed by atoms with Crippen LogP contribution in [0.4, 0.5) is 10.7 Å². The van der Waals surface area contributed by atoms with E-state index in [2.05, 4.69) is 15.3 Å². The van der Waals surface area contributed by atoms with Crippen molar-refractivity contribution < 1.29 is 14.3 Å². The highest BCUT2D eigenvalue weighted by molar-refractivity contribution is 5.67. The highest BCUT2D eigenvalue weighted by Gasteiger charge is 2.20. The number of likely N-dealkylation sites (N-methyl/N-ethyl adjacent to an activating group) is 1. The minimum absolute atomic E-state index is 0.352. The first kappa shape index (κ1) is 17.5. The molecule has 0 aliphatic carbocycles. The van der Waals surface area contributed by atoms with Crippen molar-refractivity contribution in [1.82, 2.24) is 15.3 Å². The van der Waals surface area contributed by atoms with Crippen LogP contribution in [0, 0.1) is 0 Å². The van der Waals surface area contributed by atoms with Gasteiger partial charge in [0.2, 0.25) is 5.95 Å². The van der Waals surface area contributed by atoms with Crippen molar-refractivity contribution in [2.24, 2.45) is 0 Å². The molecule has 1 aromatic heterocycles. The van der Waals surface area contributed by atoms with E-state index in [1.54, 1.807) is 6.20 Å². The third kappa shape index (κ3) is 5.67. The Bertz CT molecular complexity index is 524. The summed E-state index contributed by atoms with van der Waals surface area (Å²) in [5.74, 6) is 1.01. The van der Waals surface area contributed by atoms with Gasteiger partial charge in [-0.3, -0.25) is 0 Å². The third-order valence-electron chi connectivity index (χ3n) is 3.47. The molecule has 23 heavy (non-hydrogen) atoms. The molecule has 0 saturated carbocycles. The second-order valence-corrected chi connectivity index (χ2v) is 6.69. The molecule has 1 saturated heterocycles. The molecule has 1 fully saturated rings. The summed E-state index contributed by atoms with van der Waals surface area (Å²) in [6, 6.07) is 1.94. The fraction of sp³-hybridized carbons (Fsp3) is 0.688. The second-order valence-electron chi connectivity index (χ2n) is 6.69. The van der Waals surface area contributed by atoms with Crippen molar-refractivity contribution in [3.63, 3.8) is 0 Å². The van der Waals surface area contributed by atoms with Gasteiger partial charge in [-0.15, -0.1) is 0 Å². The van der Waals surface area contributed by atoms with Crippen LogP contribution in [0.5, 0.6) is 0 Å². The maximum absolute atomic E-state index is 11.6. The molecule has 0 aromatic carbocycles. The molecule has 2 rings (SSSR count). The van der Waals surface area contributed by atoms with Crippen molar-refractivity contribution in [3.05, 3.63) is 18.0 Å². The van der Waals surface area contributed by atoms with Crippen LogP contribution >= 0.6 is 0 Å². The van der Waals surface area contributed by atoms with Gasteiger partial charge in [0, 0.05) is 38.9 Å². The molecule has 128 valence electrons. The standard InChI is InChI=1S/C16H26N4O3/c1-16(2,3)23-15(21)18-8-9-20(4)14-17-7-5-13(19-14)12-6-10-22-11-12/h5,7,12H,6,8-11H2,1-4H3,(H,18,21). The maximum atomic E-state index is 11.6. The number of rotatable bonds is 5.